The van der Waals surface area contributed by atoms with E-state index in [0.717, 1.165) is 56.6 Å². The van der Waals surface area contributed by atoms with Crippen LogP contribution in [0.3, 0.4) is 0 Å². The number of rotatable bonds is 4. The predicted molar refractivity (Wildman–Crippen MR) is 83.9 cm³/mol. The molecule has 1 saturated carbocycles. The summed E-state index contributed by atoms with van der Waals surface area (Å²) < 4.78 is 16.7. The first-order chi connectivity index (χ1) is 11.2. The van der Waals surface area contributed by atoms with E-state index >= 15 is 0 Å². The summed E-state index contributed by atoms with van der Waals surface area (Å²) in [6, 6.07) is 7.76. The first-order valence-electron chi connectivity index (χ1n) is 8.21. The Hall–Kier alpha value is -1.92. The van der Waals surface area contributed by atoms with Crippen molar-refractivity contribution in [2.45, 2.75) is 43.7 Å². The molecule has 6 nitrogen and oxygen atoms in total. The zero-order valence-corrected chi connectivity index (χ0v) is 13.0. The van der Waals surface area contributed by atoms with Crippen LogP contribution in [0.25, 0.3) is 11.5 Å². The second-order valence-electron chi connectivity index (χ2n) is 6.39. The summed E-state index contributed by atoms with van der Waals surface area (Å²) >= 11 is 0. The Balaban J connectivity index is 1.45. The molecule has 6 heteroatoms. The van der Waals surface area contributed by atoms with Crippen LogP contribution in [0.15, 0.2) is 28.8 Å². The van der Waals surface area contributed by atoms with Crippen LogP contribution in [0.2, 0.25) is 0 Å². The molecule has 4 rings (SSSR count). The van der Waals surface area contributed by atoms with Crippen molar-refractivity contribution in [1.82, 2.24) is 10.1 Å². The molecular formula is C17H21N3O3. The highest BCUT2D eigenvalue weighted by molar-refractivity contribution is 5.54. The van der Waals surface area contributed by atoms with Gasteiger partial charge in [0.25, 0.3) is 5.89 Å². The third-order valence-corrected chi connectivity index (χ3v) is 4.69. The molecule has 0 bridgehead atoms. The number of hydrogen-bond acceptors (Lipinski definition) is 6. The topological polar surface area (TPSA) is 83.4 Å². The Kier molecular flexibility index (Phi) is 3.79. The van der Waals surface area contributed by atoms with E-state index in [-0.39, 0.29) is 6.10 Å². The lowest BCUT2D eigenvalue weighted by molar-refractivity contribution is 0.0256. The highest BCUT2D eigenvalue weighted by Crippen LogP contribution is 2.37. The van der Waals surface area contributed by atoms with Crippen molar-refractivity contribution in [2.75, 3.05) is 13.2 Å². The molecule has 1 aliphatic carbocycles. The Morgan fingerprint density at radius 3 is 2.52 bits per heavy atom. The van der Waals surface area contributed by atoms with Crippen molar-refractivity contribution in [3.63, 3.8) is 0 Å². The van der Waals surface area contributed by atoms with Crippen LogP contribution in [0.1, 0.15) is 37.9 Å². The van der Waals surface area contributed by atoms with Crippen molar-refractivity contribution in [3.05, 3.63) is 30.1 Å². The predicted octanol–water partition coefficient (Wildman–Crippen LogP) is 2.63. The molecule has 0 amide bonds. The summed E-state index contributed by atoms with van der Waals surface area (Å²) in [5, 5.41) is 4.05. The fourth-order valence-corrected chi connectivity index (χ4v) is 2.99. The summed E-state index contributed by atoms with van der Waals surface area (Å²) in [5.41, 5.74) is 6.71. The summed E-state index contributed by atoms with van der Waals surface area (Å²) in [6.45, 7) is 1.54. The van der Waals surface area contributed by atoms with Gasteiger partial charge in [-0.15, -0.1) is 0 Å². The van der Waals surface area contributed by atoms with Gasteiger partial charge in [0.15, 0.2) is 5.82 Å². The van der Waals surface area contributed by atoms with Crippen LogP contribution in [0.5, 0.6) is 5.75 Å². The van der Waals surface area contributed by atoms with Gasteiger partial charge in [-0.1, -0.05) is 5.16 Å². The van der Waals surface area contributed by atoms with Gasteiger partial charge in [0, 0.05) is 18.4 Å². The average Bonchev–Trinajstić information content (AvgIpc) is 3.05. The molecule has 1 aromatic heterocycles. The molecule has 2 aromatic rings. The minimum atomic E-state index is -0.395. The summed E-state index contributed by atoms with van der Waals surface area (Å²) in [4.78, 5) is 4.46. The monoisotopic (exact) mass is 315 g/mol. The zero-order chi connectivity index (χ0) is 15.7. The maximum Gasteiger partial charge on any atom is 0.257 e. The third-order valence-electron chi connectivity index (χ3n) is 4.69. The molecule has 2 fully saturated rings. The fourth-order valence-electron chi connectivity index (χ4n) is 2.99. The molecule has 2 aliphatic rings. The van der Waals surface area contributed by atoms with E-state index in [2.05, 4.69) is 10.1 Å². The van der Waals surface area contributed by atoms with E-state index in [0.29, 0.717) is 11.7 Å². The highest BCUT2D eigenvalue weighted by Gasteiger charge is 2.39. The summed E-state index contributed by atoms with van der Waals surface area (Å²) in [7, 11) is 0. The van der Waals surface area contributed by atoms with Gasteiger partial charge in [-0.2, -0.15) is 4.98 Å². The Morgan fingerprint density at radius 1 is 1.13 bits per heavy atom. The Bertz CT molecular complexity index is 658. The van der Waals surface area contributed by atoms with E-state index in [9.17, 15) is 0 Å². The van der Waals surface area contributed by atoms with Gasteiger partial charge in [0.05, 0.1) is 18.8 Å². The number of aromatic nitrogens is 2. The maximum atomic E-state index is 6.23. The minimum absolute atomic E-state index is 0.236. The molecule has 0 atom stereocenters. The van der Waals surface area contributed by atoms with E-state index in [1.807, 2.05) is 24.3 Å². The molecule has 0 radical (unpaired) electrons. The Labute approximate surface area is 135 Å². The van der Waals surface area contributed by atoms with Gasteiger partial charge in [-0.3, -0.25) is 0 Å². The molecule has 2 N–H and O–H groups in total. The zero-order valence-electron chi connectivity index (χ0n) is 13.0. The van der Waals surface area contributed by atoms with Gasteiger partial charge < -0.3 is 19.7 Å². The first-order valence-corrected chi connectivity index (χ1v) is 8.21. The van der Waals surface area contributed by atoms with Gasteiger partial charge in [-0.25, -0.2) is 0 Å². The van der Waals surface area contributed by atoms with Gasteiger partial charge >= 0.3 is 0 Å². The van der Waals surface area contributed by atoms with Crippen LogP contribution >= 0.6 is 0 Å². The molecule has 23 heavy (non-hydrogen) atoms. The number of benzene rings is 1. The molecule has 1 saturated heterocycles. The van der Waals surface area contributed by atoms with E-state index in [1.54, 1.807) is 0 Å². The van der Waals surface area contributed by atoms with Crippen LogP contribution in [0.4, 0.5) is 0 Å². The standard InChI is InChI=1S/C17H21N3O3/c18-17(8-1-9-17)16-19-15(23-20-16)12-2-4-13(5-3-12)22-14-6-10-21-11-7-14/h2-5,14H,1,6-11,18H2. The van der Waals surface area contributed by atoms with Crippen LogP contribution in [-0.2, 0) is 10.3 Å². The number of nitrogens with zero attached hydrogens (tertiary/aromatic N) is 2. The van der Waals surface area contributed by atoms with Gasteiger partial charge in [-0.05, 0) is 43.5 Å². The fraction of sp³-hybridized carbons (Fsp3) is 0.529. The van der Waals surface area contributed by atoms with Gasteiger partial charge in [0.2, 0.25) is 0 Å². The quantitative estimate of drug-likeness (QED) is 0.934. The lowest BCUT2D eigenvalue weighted by Gasteiger charge is -2.34. The summed E-state index contributed by atoms with van der Waals surface area (Å²) in [5.74, 6) is 1.98. The summed E-state index contributed by atoms with van der Waals surface area (Å²) in [6.07, 6.45) is 5.08. The average molecular weight is 315 g/mol. The third kappa shape index (κ3) is 2.96. The van der Waals surface area contributed by atoms with Crippen molar-refractivity contribution >= 4 is 0 Å². The van der Waals surface area contributed by atoms with E-state index in [4.69, 9.17) is 19.7 Å². The lowest BCUT2D eigenvalue weighted by Crippen LogP contribution is -2.44. The van der Waals surface area contributed by atoms with Crippen molar-refractivity contribution < 1.29 is 14.0 Å². The largest absolute Gasteiger partial charge is 0.490 e. The first kappa shape index (κ1) is 14.7. The number of nitrogens with two attached hydrogens (primary N) is 1. The lowest BCUT2D eigenvalue weighted by atomic mass is 9.77. The molecule has 1 aliphatic heterocycles. The van der Waals surface area contributed by atoms with E-state index in [1.165, 1.54) is 0 Å². The molecule has 0 unspecified atom stereocenters. The molecule has 1 aromatic carbocycles. The molecular weight excluding hydrogens is 294 g/mol. The van der Waals surface area contributed by atoms with Crippen molar-refractivity contribution in [2.24, 2.45) is 5.73 Å². The van der Waals surface area contributed by atoms with Crippen LogP contribution in [-0.4, -0.2) is 29.5 Å². The second-order valence-corrected chi connectivity index (χ2v) is 6.39. The molecule has 0 spiro atoms. The number of hydrogen-bond donors (Lipinski definition) is 1. The van der Waals surface area contributed by atoms with E-state index < -0.39 is 5.54 Å². The molecule has 122 valence electrons. The van der Waals surface area contributed by atoms with Crippen molar-refractivity contribution in [3.8, 4) is 17.2 Å². The van der Waals surface area contributed by atoms with Crippen LogP contribution < -0.4 is 10.5 Å². The SMILES string of the molecule is NC1(c2noc(-c3ccc(OC4CCOCC4)cc3)n2)CCC1. The normalized spacial score (nSPS) is 20.9. The minimum Gasteiger partial charge on any atom is -0.490 e. The van der Waals surface area contributed by atoms with Gasteiger partial charge in [0.1, 0.15) is 11.9 Å². The Morgan fingerprint density at radius 2 is 1.87 bits per heavy atom. The highest BCUT2D eigenvalue weighted by atomic mass is 16.5. The maximum absolute atomic E-state index is 6.23. The second kappa shape index (κ2) is 5.94. The van der Waals surface area contributed by atoms with Crippen LogP contribution in [0, 0.1) is 0 Å². The van der Waals surface area contributed by atoms with Crippen molar-refractivity contribution in [1.29, 1.82) is 0 Å². The number of ether oxygens (including phenoxy) is 2. The smallest absolute Gasteiger partial charge is 0.257 e. The molecule has 2 heterocycles.